The summed E-state index contributed by atoms with van der Waals surface area (Å²) < 4.78 is 109. The first kappa shape index (κ1) is 15.7. The van der Waals surface area contributed by atoms with E-state index in [1.807, 2.05) is 0 Å². The molecule has 0 unspecified atom stereocenters. The van der Waals surface area contributed by atoms with Crippen molar-refractivity contribution in [3.8, 4) is 9.85 Å². The molecule has 0 amide bonds. The maximum Gasteiger partial charge on any atom is 0.460 e. The molecule has 16 heavy (non-hydrogen) atoms. The SMILES string of the molecule is FC(F)(F)C(F)(F)C(F)(F)C(F)(F)C#CI. The molecule has 0 nitrogen and oxygen atoms in total. The van der Waals surface area contributed by atoms with Crippen LogP contribution < -0.4 is 0 Å². The molecule has 94 valence electrons. The molecule has 0 aliphatic rings. The van der Waals surface area contributed by atoms with Crippen molar-refractivity contribution in [3.05, 3.63) is 0 Å². The van der Waals surface area contributed by atoms with Crippen molar-refractivity contribution < 1.29 is 39.5 Å². The molecule has 10 heteroatoms. The molecular weight excluding hydrogens is 370 g/mol. The molecule has 0 aliphatic carbocycles. The van der Waals surface area contributed by atoms with Gasteiger partial charge >= 0.3 is 23.9 Å². The van der Waals surface area contributed by atoms with E-state index in [1.165, 1.54) is 0 Å². The number of hydrogen-bond acceptors (Lipinski definition) is 0. The summed E-state index contributed by atoms with van der Waals surface area (Å²) in [7, 11) is 0. The van der Waals surface area contributed by atoms with Crippen molar-refractivity contribution >= 4 is 22.6 Å². The van der Waals surface area contributed by atoms with Crippen molar-refractivity contribution in [2.75, 3.05) is 0 Å². The van der Waals surface area contributed by atoms with Gasteiger partial charge < -0.3 is 0 Å². The average molecular weight is 370 g/mol. The summed E-state index contributed by atoms with van der Waals surface area (Å²) in [4.78, 5) is 0. The molecule has 0 rings (SSSR count). The van der Waals surface area contributed by atoms with Crippen molar-refractivity contribution in [1.82, 2.24) is 0 Å². The molecule has 0 atom stereocenters. The van der Waals surface area contributed by atoms with E-state index in [0.717, 1.165) is 26.5 Å². The lowest BCUT2D eigenvalue weighted by atomic mass is 10.1. The monoisotopic (exact) mass is 370 g/mol. The Hall–Kier alpha value is -0.340. The molecule has 0 aromatic carbocycles. The van der Waals surface area contributed by atoms with E-state index in [9.17, 15) is 39.5 Å². The summed E-state index contributed by atoms with van der Waals surface area (Å²) in [6, 6.07) is 0. The van der Waals surface area contributed by atoms with E-state index in [0.29, 0.717) is 5.92 Å². The van der Waals surface area contributed by atoms with Gasteiger partial charge in [-0.1, -0.05) is 0 Å². The summed E-state index contributed by atoms with van der Waals surface area (Å²) >= 11 is 0.801. The van der Waals surface area contributed by atoms with Gasteiger partial charge in [-0.25, -0.2) is 0 Å². The smallest absolute Gasteiger partial charge is 0.191 e. The number of alkyl halides is 9. The van der Waals surface area contributed by atoms with E-state index in [4.69, 9.17) is 0 Å². The van der Waals surface area contributed by atoms with E-state index >= 15 is 0 Å². The van der Waals surface area contributed by atoms with Gasteiger partial charge in [-0.3, -0.25) is 0 Å². The van der Waals surface area contributed by atoms with Crippen LogP contribution in [0.1, 0.15) is 0 Å². The van der Waals surface area contributed by atoms with E-state index in [1.54, 1.807) is 0 Å². The Labute approximate surface area is 96.3 Å². The van der Waals surface area contributed by atoms with Gasteiger partial charge in [0.1, 0.15) is 0 Å². The fourth-order valence-corrected chi connectivity index (χ4v) is 0.852. The summed E-state index contributed by atoms with van der Waals surface area (Å²) in [5, 5.41) is 0. The van der Waals surface area contributed by atoms with Crippen LogP contribution in [0.25, 0.3) is 0 Å². The van der Waals surface area contributed by atoms with Gasteiger partial charge in [0.05, 0.1) is 0 Å². The zero-order valence-corrected chi connectivity index (χ0v) is 8.94. The lowest BCUT2D eigenvalue weighted by Gasteiger charge is -2.30. The molecule has 0 heterocycles. The highest BCUT2D eigenvalue weighted by molar-refractivity contribution is 14.1. The Morgan fingerprint density at radius 1 is 0.688 bits per heavy atom. The summed E-state index contributed by atoms with van der Waals surface area (Å²) in [5.74, 6) is -19.0. The van der Waals surface area contributed by atoms with Gasteiger partial charge in [0, 0.05) is 22.6 Å². The Bertz CT molecular complexity index is 317. The second-order valence-electron chi connectivity index (χ2n) is 2.44. The van der Waals surface area contributed by atoms with Crippen LogP contribution in [0.5, 0.6) is 0 Å². The lowest BCUT2D eigenvalue weighted by molar-refractivity contribution is -0.386. The predicted octanol–water partition coefficient (Wildman–Crippen LogP) is 3.85. The van der Waals surface area contributed by atoms with Crippen LogP contribution in [0.4, 0.5) is 39.5 Å². The van der Waals surface area contributed by atoms with Gasteiger partial charge in [0.25, 0.3) is 0 Å². The highest BCUT2D eigenvalue weighted by Gasteiger charge is 2.81. The first-order valence-electron chi connectivity index (χ1n) is 3.14. The Morgan fingerprint density at radius 3 is 1.31 bits per heavy atom. The van der Waals surface area contributed by atoms with E-state index < -0.39 is 23.9 Å². The van der Waals surface area contributed by atoms with Gasteiger partial charge in [0.2, 0.25) is 0 Å². The van der Waals surface area contributed by atoms with Crippen LogP contribution >= 0.6 is 22.6 Å². The Balaban J connectivity index is 5.58. The molecule has 0 fully saturated rings. The third kappa shape index (κ3) is 2.33. The first-order valence-corrected chi connectivity index (χ1v) is 4.22. The van der Waals surface area contributed by atoms with Gasteiger partial charge in [-0.15, -0.1) is 0 Å². The largest absolute Gasteiger partial charge is 0.460 e. The van der Waals surface area contributed by atoms with Crippen molar-refractivity contribution in [2.24, 2.45) is 0 Å². The van der Waals surface area contributed by atoms with Crippen LogP contribution in [-0.4, -0.2) is 23.9 Å². The third-order valence-corrected chi connectivity index (χ3v) is 1.62. The normalized spacial score (nSPS) is 14.4. The highest BCUT2D eigenvalue weighted by Crippen LogP contribution is 2.52. The maximum absolute atomic E-state index is 12.3. The van der Waals surface area contributed by atoms with Crippen LogP contribution in [0.15, 0.2) is 0 Å². The van der Waals surface area contributed by atoms with Crippen molar-refractivity contribution in [3.63, 3.8) is 0 Å². The minimum Gasteiger partial charge on any atom is -0.191 e. The van der Waals surface area contributed by atoms with Gasteiger partial charge in [0.15, 0.2) is 0 Å². The average Bonchev–Trinajstić information content (AvgIpc) is 2.01. The van der Waals surface area contributed by atoms with Crippen LogP contribution in [0, 0.1) is 9.85 Å². The molecule has 0 saturated carbocycles. The molecule has 0 aromatic heterocycles. The van der Waals surface area contributed by atoms with Crippen LogP contribution in [0.3, 0.4) is 0 Å². The minimum atomic E-state index is -6.87. The summed E-state index contributed by atoms with van der Waals surface area (Å²) in [6.07, 6.45) is -6.80. The third-order valence-electron chi connectivity index (χ3n) is 1.35. The van der Waals surface area contributed by atoms with E-state index in [2.05, 4.69) is 0 Å². The molecule has 0 N–H and O–H groups in total. The van der Waals surface area contributed by atoms with Gasteiger partial charge in [-0.05, 0) is 9.85 Å². The van der Waals surface area contributed by atoms with Crippen molar-refractivity contribution in [1.29, 1.82) is 0 Å². The molecular formula is C6F9I. The second-order valence-corrected chi connectivity index (χ2v) is 2.98. The molecule has 0 aliphatic heterocycles. The van der Waals surface area contributed by atoms with E-state index in [-0.39, 0.29) is 0 Å². The maximum atomic E-state index is 12.3. The highest BCUT2D eigenvalue weighted by atomic mass is 127. The molecule has 0 radical (unpaired) electrons. The summed E-state index contributed by atoms with van der Waals surface area (Å²) in [6.45, 7) is 0. The quantitative estimate of drug-likeness (QED) is 0.394. The lowest BCUT2D eigenvalue weighted by Crippen LogP contribution is -2.60. The zero-order valence-electron chi connectivity index (χ0n) is 6.78. The minimum absolute atomic E-state index is 0.314. The second kappa shape index (κ2) is 4.15. The molecule has 0 aromatic rings. The Morgan fingerprint density at radius 2 is 1.06 bits per heavy atom. The number of hydrogen-bond donors (Lipinski definition) is 0. The molecule has 0 bridgehead atoms. The first-order chi connectivity index (χ1) is 6.81. The summed E-state index contributed by atoms with van der Waals surface area (Å²) in [5.41, 5.74) is 0. The number of rotatable bonds is 2. The van der Waals surface area contributed by atoms with Crippen molar-refractivity contribution in [2.45, 2.75) is 23.9 Å². The molecule has 0 saturated heterocycles. The van der Waals surface area contributed by atoms with Crippen LogP contribution in [-0.2, 0) is 0 Å². The number of halogens is 10. The topological polar surface area (TPSA) is 0 Å². The predicted molar refractivity (Wildman–Crippen MR) is 42.7 cm³/mol. The fraction of sp³-hybridized carbons (Fsp3) is 0.667. The van der Waals surface area contributed by atoms with Gasteiger partial charge in [-0.2, -0.15) is 39.5 Å². The Kier molecular flexibility index (Phi) is 4.07. The zero-order chi connectivity index (χ0) is 13.4. The molecule has 0 spiro atoms. The fourth-order valence-electron chi connectivity index (χ4n) is 0.513. The standard InChI is InChI=1S/C6F9I/c7-3(8,1-2-16)4(9,10)5(11,12)6(13,14)15. The van der Waals surface area contributed by atoms with Crippen LogP contribution in [0.2, 0.25) is 0 Å².